The quantitative estimate of drug-likeness (QED) is 0.458. The molecule has 3 aromatic rings. The third kappa shape index (κ3) is 4.76. The van der Waals surface area contributed by atoms with Crippen LogP contribution in [0.5, 0.6) is 0 Å². The van der Waals surface area contributed by atoms with E-state index in [9.17, 15) is 9.18 Å². The van der Waals surface area contributed by atoms with E-state index in [0.29, 0.717) is 22.9 Å². The molecule has 2 aliphatic rings. The number of fused-ring (bicyclic) bond motifs is 1. The fourth-order valence-electron chi connectivity index (χ4n) is 4.53. The Morgan fingerprint density at radius 3 is 2.79 bits per heavy atom. The molecule has 1 amide bonds. The molecule has 0 saturated carbocycles. The summed E-state index contributed by atoms with van der Waals surface area (Å²) in [4.78, 5) is 14.7. The Hall–Kier alpha value is -3.64. The largest absolute Gasteiger partial charge is 0.381 e. The highest BCUT2D eigenvalue weighted by Gasteiger charge is 2.25. The summed E-state index contributed by atoms with van der Waals surface area (Å²) in [6.07, 6.45) is 2.75. The molecule has 5 nitrogen and oxygen atoms in total. The monoisotopic (exact) mass is 442 g/mol. The van der Waals surface area contributed by atoms with Crippen LogP contribution in [0, 0.1) is 12.7 Å². The molecule has 2 heterocycles. The summed E-state index contributed by atoms with van der Waals surface area (Å²) in [5.41, 5.74) is 6.09. The van der Waals surface area contributed by atoms with Gasteiger partial charge in [0.25, 0.3) is 5.91 Å². The van der Waals surface area contributed by atoms with Crippen LogP contribution in [0.2, 0.25) is 0 Å². The van der Waals surface area contributed by atoms with Crippen molar-refractivity contribution in [1.82, 2.24) is 4.90 Å². The summed E-state index contributed by atoms with van der Waals surface area (Å²) >= 11 is 0. The van der Waals surface area contributed by atoms with Crippen molar-refractivity contribution >= 4 is 28.5 Å². The van der Waals surface area contributed by atoms with E-state index in [2.05, 4.69) is 70.2 Å². The summed E-state index contributed by atoms with van der Waals surface area (Å²) in [7, 11) is 0. The molecule has 0 spiro atoms. The fraction of sp³-hybridized carbons (Fsp3) is 0.222. The van der Waals surface area contributed by atoms with Crippen LogP contribution in [0.15, 0.2) is 72.9 Å². The van der Waals surface area contributed by atoms with E-state index in [1.165, 1.54) is 17.7 Å². The Morgan fingerprint density at radius 2 is 1.97 bits per heavy atom. The molecular weight excluding hydrogens is 415 g/mol. The number of anilines is 3. The van der Waals surface area contributed by atoms with Crippen LogP contribution in [0.25, 0.3) is 5.57 Å². The van der Waals surface area contributed by atoms with Crippen molar-refractivity contribution in [3.05, 3.63) is 95.4 Å². The second kappa shape index (κ2) is 9.08. The van der Waals surface area contributed by atoms with Crippen molar-refractivity contribution in [3.63, 3.8) is 0 Å². The average Bonchev–Trinajstić information content (AvgIpc) is 3.37. The molecule has 0 bridgehead atoms. The first kappa shape index (κ1) is 21.2. The van der Waals surface area contributed by atoms with E-state index in [-0.39, 0.29) is 11.7 Å². The first-order valence-electron chi connectivity index (χ1n) is 11.3. The van der Waals surface area contributed by atoms with Gasteiger partial charge in [0.05, 0.1) is 5.57 Å². The van der Waals surface area contributed by atoms with Gasteiger partial charge in [-0.05, 0) is 60.9 Å². The maximum absolute atomic E-state index is 13.6. The van der Waals surface area contributed by atoms with Crippen molar-refractivity contribution < 1.29 is 9.18 Å². The third-order valence-electron chi connectivity index (χ3n) is 6.26. The maximum atomic E-state index is 13.6. The van der Waals surface area contributed by atoms with Gasteiger partial charge in [-0.3, -0.25) is 9.69 Å². The molecule has 3 aromatic carbocycles. The Morgan fingerprint density at radius 1 is 1.12 bits per heavy atom. The van der Waals surface area contributed by atoms with Gasteiger partial charge < -0.3 is 16.0 Å². The Bertz CT molecular complexity index is 1210. The van der Waals surface area contributed by atoms with Gasteiger partial charge in [0.1, 0.15) is 5.82 Å². The van der Waals surface area contributed by atoms with Gasteiger partial charge in [-0.1, -0.05) is 30.3 Å². The molecule has 33 heavy (non-hydrogen) atoms. The normalized spacial score (nSPS) is 18.9. The van der Waals surface area contributed by atoms with Crippen LogP contribution in [0.1, 0.15) is 23.1 Å². The van der Waals surface area contributed by atoms with E-state index in [1.54, 1.807) is 12.3 Å². The zero-order valence-corrected chi connectivity index (χ0v) is 18.6. The van der Waals surface area contributed by atoms with Crippen molar-refractivity contribution in [1.29, 1.82) is 0 Å². The van der Waals surface area contributed by atoms with Crippen LogP contribution in [-0.4, -0.2) is 29.9 Å². The van der Waals surface area contributed by atoms with Crippen molar-refractivity contribution in [2.24, 2.45) is 0 Å². The molecule has 2 aliphatic heterocycles. The third-order valence-corrected chi connectivity index (χ3v) is 6.26. The number of nitrogens with zero attached hydrogens (tertiary/aromatic N) is 1. The van der Waals surface area contributed by atoms with Gasteiger partial charge in [-0.15, -0.1) is 0 Å². The summed E-state index contributed by atoms with van der Waals surface area (Å²) in [6, 6.07) is 21.4. The molecule has 0 radical (unpaired) electrons. The minimum atomic E-state index is -0.364. The molecule has 3 N–H and O–H groups in total. The molecule has 1 fully saturated rings. The zero-order chi connectivity index (χ0) is 22.8. The number of likely N-dealkylation sites (tertiary alicyclic amines) is 1. The molecule has 6 heteroatoms. The molecule has 0 aliphatic carbocycles. The lowest BCUT2D eigenvalue weighted by atomic mass is 10.1. The number of aryl methyl sites for hydroxylation is 1. The maximum Gasteiger partial charge on any atom is 0.257 e. The van der Waals surface area contributed by atoms with Gasteiger partial charge in [0.15, 0.2) is 0 Å². The highest BCUT2D eigenvalue weighted by Crippen LogP contribution is 2.32. The summed E-state index contributed by atoms with van der Waals surface area (Å²) in [6.45, 7) is 5.16. The average molecular weight is 443 g/mol. The van der Waals surface area contributed by atoms with Crippen LogP contribution < -0.4 is 16.0 Å². The van der Waals surface area contributed by atoms with E-state index < -0.39 is 0 Å². The first-order chi connectivity index (χ1) is 16.0. The number of carbonyl (C=O) groups excluding carboxylic acids is 1. The lowest BCUT2D eigenvalue weighted by molar-refractivity contribution is -0.110. The van der Waals surface area contributed by atoms with Crippen LogP contribution in [0.4, 0.5) is 21.5 Å². The molecule has 0 aromatic heterocycles. The topological polar surface area (TPSA) is 56.4 Å². The highest BCUT2D eigenvalue weighted by molar-refractivity contribution is 6.31. The smallest absolute Gasteiger partial charge is 0.257 e. The summed E-state index contributed by atoms with van der Waals surface area (Å²) < 4.78 is 13.6. The van der Waals surface area contributed by atoms with Crippen molar-refractivity contribution in [3.8, 4) is 0 Å². The molecular formula is C27H27FN4O. The molecule has 1 saturated heterocycles. The predicted molar refractivity (Wildman–Crippen MR) is 132 cm³/mol. The number of hydrogen-bond acceptors (Lipinski definition) is 4. The zero-order valence-electron chi connectivity index (χ0n) is 18.6. The summed E-state index contributed by atoms with van der Waals surface area (Å²) in [5, 5.41) is 9.64. The van der Waals surface area contributed by atoms with Crippen molar-refractivity contribution in [2.45, 2.75) is 25.9 Å². The number of rotatable bonds is 6. The predicted octanol–water partition coefficient (Wildman–Crippen LogP) is 5.23. The number of amides is 1. The first-order valence-corrected chi connectivity index (χ1v) is 11.3. The highest BCUT2D eigenvalue weighted by atomic mass is 19.1. The molecule has 168 valence electrons. The van der Waals surface area contributed by atoms with E-state index in [4.69, 9.17) is 0 Å². The van der Waals surface area contributed by atoms with Crippen LogP contribution >= 0.6 is 0 Å². The Labute approximate surface area is 193 Å². The second-order valence-corrected chi connectivity index (χ2v) is 8.73. The standard InChI is InChI=1S/C27H27FN4O/c1-18-13-21(29-15-24-23-14-20(28)7-9-26(23)31-27(24)33)8-10-25(18)30-22-11-12-32(17-22)16-19-5-3-2-4-6-19/h2-10,13-15,22,29-30H,11-12,16-17H2,1H3,(H,31,33)/b24-15-. The van der Waals surface area contributed by atoms with Gasteiger partial charge in [-0.25, -0.2) is 4.39 Å². The lowest BCUT2D eigenvalue weighted by Crippen LogP contribution is -2.26. The van der Waals surface area contributed by atoms with E-state index in [1.807, 2.05) is 6.07 Å². The number of halogens is 1. The van der Waals surface area contributed by atoms with Gasteiger partial charge in [0.2, 0.25) is 0 Å². The van der Waals surface area contributed by atoms with Gasteiger partial charge >= 0.3 is 0 Å². The number of benzene rings is 3. The number of carbonyl (C=O) groups is 1. The second-order valence-electron chi connectivity index (χ2n) is 8.73. The minimum Gasteiger partial charge on any atom is -0.381 e. The lowest BCUT2D eigenvalue weighted by Gasteiger charge is -2.19. The number of nitrogens with one attached hydrogen (secondary N) is 3. The summed E-state index contributed by atoms with van der Waals surface area (Å²) in [5.74, 6) is -0.601. The van der Waals surface area contributed by atoms with Gasteiger partial charge in [0, 0.05) is 54.5 Å². The molecule has 1 atom stereocenters. The Kier molecular flexibility index (Phi) is 5.84. The van der Waals surface area contributed by atoms with Crippen molar-refractivity contribution in [2.75, 3.05) is 29.0 Å². The van der Waals surface area contributed by atoms with Crippen LogP contribution in [-0.2, 0) is 11.3 Å². The SMILES string of the molecule is Cc1cc(N/C=C2\C(=O)Nc3ccc(F)cc32)ccc1NC1CCN(Cc2ccccc2)C1. The van der Waals surface area contributed by atoms with Gasteiger partial charge in [-0.2, -0.15) is 0 Å². The molecule has 5 rings (SSSR count). The molecule has 1 unspecified atom stereocenters. The number of hydrogen-bond donors (Lipinski definition) is 3. The fourth-order valence-corrected chi connectivity index (χ4v) is 4.53. The Balaban J connectivity index is 1.21. The van der Waals surface area contributed by atoms with Crippen LogP contribution in [0.3, 0.4) is 0 Å². The van der Waals surface area contributed by atoms with E-state index >= 15 is 0 Å². The minimum absolute atomic E-state index is 0.237. The van der Waals surface area contributed by atoms with E-state index in [0.717, 1.165) is 43.0 Å².